The molecular weight excluding hydrogens is 252 g/mol. The Balaban J connectivity index is 1.35. The Morgan fingerprint density at radius 1 is 0.950 bits per heavy atom. The van der Waals surface area contributed by atoms with Crippen LogP contribution >= 0.6 is 0 Å². The van der Waals surface area contributed by atoms with Gasteiger partial charge in [-0.1, -0.05) is 30.3 Å². The Bertz CT molecular complexity index is 651. The van der Waals surface area contributed by atoms with Crippen LogP contribution < -0.4 is 0 Å². The van der Waals surface area contributed by atoms with Crippen LogP contribution in [0.15, 0.2) is 30.3 Å². The molecule has 6 aliphatic rings. The summed E-state index contributed by atoms with van der Waals surface area (Å²) in [6, 6.07) is 9.70. The molecule has 0 aliphatic heterocycles. The fraction of sp³-hybridized carbons (Fsp3) is 0.529. The van der Waals surface area contributed by atoms with Gasteiger partial charge in [-0.25, -0.2) is 0 Å². The number of benzene rings is 1. The quantitative estimate of drug-likeness (QED) is 0.620. The zero-order valence-corrected chi connectivity index (χ0v) is 11.1. The van der Waals surface area contributed by atoms with Crippen molar-refractivity contribution in [3.63, 3.8) is 0 Å². The maximum Gasteiger partial charge on any atom is 0.303 e. The van der Waals surface area contributed by atoms with Gasteiger partial charge in [0.05, 0.1) is 0 Å². The molecule has 0 bridgehead atoms. The first-order chi connectivity index (χ1) is 9.66. The van der Waals surface area contributed by atoms with E-state index in [0.29, 0.717) is 41.3 Å². The highest BCUT2D eigenvalue weighted by Gasteiger charge is 3.13. The molecule has 20 heavy (non-hydrogen) atoms. The normalized spacial score (nSPS) is 57.0. The van der Waals surface area contributed by atoms with Crippen molar-refractivity contribution in [1.82, 2.24) is 0 Å². The van der Waals surface area contributed by atoms with Gasteiger partial charge in [-0.2, -0.15) is 0 Å². The molecule has 0 saturated heterocycles. The average molecular weight is 266 g/mol. The van der Waals surface area contributed by atoms with Crippen molar-refractivity contribution in [2.75, 3.05) is 0 Å². The van der Waals surface area contributed by atoms with E-state index in [4.69, 9.17) is 4.74 Å². The number of carbonyl (C=O) groups excluding carboxylic acids is 2. The zero-order chi connectivity index (χ0) is 13.4. The molecule has 7 rings (SSSR count). The molecule has 3 nitrogen and oxygen atoms in total. The molecule has 0 aromatic heterocycles. The summed E-state index contributed by atoms with van der Waals surface area (Å²) in [6.45, 7) is 1.51. The van der Waals surface area contributed by atoms with Crippen molar-refractivity contribution in [3.8, 4) is 0 Å². The highest BCUT2D eigenvalue weighted by atomic mass is 16.6. The second-order valence-corrected chi connectivity index (χ2v) is 7.23. The third-order valence-electron chi connectivity index (χ3n) is 7.29. The predicted octanol–water partition coefficient (Wildman–Crippen LogP) is 1.92. The summed E-state index contributed by atoms with van der Waals surface area (Å²) in [5.74, 6) is 3.32. The highest BCUT2D eigenvalue weighted by molar-refractivity contribution is 6.06. The van der Waals surface area contributed by atoms with Gasteiger partial charge in [0.1, 0.15) is 5.60 Å². The first-order valence-corrected chi connectivity index (χ1v) is 7.46. The van der Waals surface area contributed by atoms with E-state index in [0.717, 1.165) is 5.56 Å². The summed E-state index contributed by atoms with van der Waals surface area (Å²) in [7, 11) is 0. The summed E-state index contributed by atoms with van der Waals surface area (Å²) >= 11 is 0. The van der Waals surface area contributed by atoms with Crippen molar-refractivity contribution < 1.29 is 14.3 Å². The molecule has 0 radical (unpaired) electrons. The van der Waals surface area contributed by atoms with Gasteiger partial charge in [-0.3, -0.25) is 9.59 Å². The van der Waals surface area contributed by atoms with Crippen LogP contribution in [0.3, 0.4) is 0 Å². The van der Waals surface area contributed by atoms with E-state index >= 15 is 0 Å². The van der Waals surface area contributed by atoms with E-state index in [1.54, 1.807) is 0 Å². The van der Waals surface area contributed by atoms with Gasteiger partial charge in [0.25, 0.3) is 0 Å². The number of rotatable bonds is 3. The molecular formula is C17H14O3. The van der Waals surface area contributed by atoms with E-state index in [1.165, 1.54) is 6.92 Å². The highest BCUT2D eigenvalue weighted by Crippen LogP contribution is 3.08. The van der Waals surface area contributed by atoms with E-state index in [1.807, 2.05) is 30.3 Å². The van der Waals surface area contributed by atoms with E-state index < -0.39 is 0 Å². The minimum absolute atomic E-state index is 0.0384. The Labute approximate surface area is 116 Å². The Hall–Kier alpha value is -1.64. The molecule has 0 amide bonds. The molecule has 1 aromatic carbocycles. The first-order valence-electron chi connectivity index (χ1n) is 7.46. The molecule has 100 valence electrons. The number of ketones is 1. The Morgan fingerprint density at radius 2 is 1.50 bits per heavy atom. The van der Waals surface area contributed by atoms with Crippen LogP contribution in [0, 0.1) is 40.9 Å². The van der Waals surface area contributed by atoms with Crippen LogP contribution in [0.2, 0.25) is 0 Å². The second-order valence-electron chi connectivity index (χ2n) is 7.23. The lowest BCUT2D eigenvalue weighted by Gasteiger charge is -3.09. The number of hydrogen-bond acceptors (Lipinski definition) is 3. The van der Waals surface area contributed by atoms with Crippen molar-refractivity contribution in [2.45, 2.75) is 12.5 Å². The minimum Gasteiger partial charge on any atom is -0.458 e. The third kappa shape index (κ3) is 0.583. The predicted molar refractivity (Wildman–Crippen MR) is 68.6 cm³/mol. The lowest BCUT2D eigenvalue weighted by Crippen LogP contribution is -3.14. The van der Waals surface area contributed by atoms with Crippen LogP contribution in [-0.2, 0) is 9.53 Å². The number of esters is 1. The molecule has 0 atom stereocenters. The van der Waals surface area contributed by atoms with Gasteiger partial charge >= 0.3 is 5.97 Å². The van der Waals surface area contributed by atoms with Gasteiger partial charge in [-0.15, -0.1) is 0 Å². The van der Waals surface area contributed by atoms with Gasteiger partial charge in [0, 0.05) is 35.7 Å². The molecule has 0 heterocycles. The van der Waals surface area contributed by atoms with Crippen LogP contribution in [0.25, 0.3) is 0 Å². The fourth-order valence-corrected chi connectivity index (χ4v) is 7.18. The number of ether oxygens (including phenoxy) is 1. The maximum atomic E-state index is 12.8. The number of carbonyl (C=O) groups is 2. The van der Waals surface area contributed by atoms with Crippen molar-refractivity contribution in [1.29, 1.82) is 0 Å². The van der Waals surface area contributed by atoms with Crippen LogP contribution in [0.4, 0.5) is 0 Å². The van der Waals surface area contributed by atoms with Crippen molar-refractivity contribution in [2.24, 2.45) is 40.9 Å². The lowest BCUT2D eigenvalue weighted by molar-refractivity contribution is -0.641. The van der Waals surface area contributed by atoms with Crippen molar-refractivity contribution in [3.05, 3.63) is 35.9 Å². The first kappa shape index (κ1) is 10.1. The van der Waals surface area contributed by atoms with Crippen LogP contribution in [0.1, 0.15) is 17.3 Å². The molecule has 3 heteroatoms. The smallest absolute Gasteiger partial charge is 0.303 e. The average Bonchev–Trinajstić information content (AvgIpc) is 2.47. The Morgan fingerprint density at radius 3 is 2.00 bits per heavy atom. The number of hydrogen-bond donors (Lipinski definition) is 0. The van der Waals surface area contributed by atoms with Gasteiger partial charge < -0.3 is 4.74 Å². The fourth-order valence-electron chi connectivity index (χ4n) is 7.18. The summed E-state index contributed by atoms with van der Waals surface area (Å²) in [4.78, 5) is 24.1. The molecule has 6 fully saturated rings. The SMILES string of the molecule is CC(=O)OC12C3C4C1C1C2C3C41C(=O)c1ccccc1. The van der Waals surface area contributed by atoms with Crippen LogP contribution in [-0.4, -0.2) is 17.4 Å². The largest absolute Gasteiger partial charge is 0.458 e. The summed E-state index contributed by atoms with van der Waals surface area (Å²) in [5, 5.41) is 0. The minimum atomic E-state index is -0.149. The van der Waals surface area contributed by atoms with Gasteiger partial charge in [-0.05, 0) is 17.8 Å². The summed E-state index contributed by atoms with van der Waals surface area (Å²) in [5.41, 5.74) is 0.720. The lowest BCUT2D eigenvalue weighted by atomic mass is 8.94. The third-order valence-corrected chi connectivity index (χ3v) is 7.29. The monoisotopic (exact) mass is 266 g/mol. The standard InChI is InChI=1S/C17H14O3/c1-7(18)20-17-12-9-13(17)11-14(17)10(12)16(9,11)15(19)8-5-3-2-4-6-8/h2-6,9-14H,1H3. The molecule has 0 spiro atoms. The second kappa shape index (κ2) is 2.47. The van der Waals surface area contributed by atoms with Crippen molar-refractivity contribution >= 4 is 11.8 Å². The molecule has 6 saturated carbocycles. The van der Waals surface area contributed by atoms with E-state index in [9.17, 15) is 9.59 Å². The maximum absolute atomic E-state index is 12.8. The number of Topliss-reactive ketones (excluding diaryl/α,β-unsaturated/α-hetero) is 1. The Kier molecular flexibility index (Phi) is 1.25. The summed E-state index contributed by atoms with van der Waals surface area (Å²) in [6.07, 6.45) is 0. The van der Waals surface area contributed by atoms with Crippen LogP contribution in [0.5, 0.6) is 0 Å². The molecule has 0 N–H and O–H groups in total. The van der Waals surface area contributed by atoms with Gasteiger partial charge in [0.2, 0.25) is 0 Å². The molecule has 6 aliphatic carbocycles. The van der Waals surface area contributed by atoms with E-state index in [-0.39, 0.29) is 17.0 Å². The zero-order valence-electron chi connectivity index (χ0n) is 11.1. The molecule has 1 aromatic rings. The topological polar surface area (TPSA) is 43.4 Å². The molecule has 0 unspecified atom stereocenters. The van der Waals surface area contributed by atoms with Gasteiger partial charge in [0.15, 0.2) is 5.78 Å². The van der Waals surface area contributed by atoms with E-state index in [2.05, 4.69) is 0 Å². The summed E-state index contributed by atoms with van der Waals surface area (Å²) < 4.78 is 5.63.